The number of rotatable bonds is 4. The number of carboxylic acid groups (broad SMARTS) is 1. The zero-order valence-corrected chi connectivity index (χ0v) is 11.6. The van der Waals surface area contributed by atoms with Crippen LogP contribution in [0.5, 0.6) is 0 Å². The maximum Gasteiger partial charge on any atom is 0.318 e. The minimum atomic E-state index is -0.803. The zero-order chi connectivity index (χ0) is 14.7. The zero-order valence-electron chi connectivity index (χ0n) is 11.6. The first kappa shape index (κ1) is 14.6. The molecule has 0 bridgehead atoms. The second-order valence-electron chi connectivity index (χ2n) is 5.55. The summed E-state index contributed by atoms with van der Waals surface area (Å²) in [6, 6.07) is -0.597. The highest BCUT2D eigenvalue weighted by molar-refractivity contribution is 5.87. The molecule has 1 saturated heterocycles. The molecule has 3 N–H and O–H groups in total. The topological polar surface area (TPSA) is 98.7 Å². The Bertz CT molecular complexity index is 400. The maximum atomic E-state index is 12.0. The van der Waals surface area contributed by atoms with Crippen molar-refractivity contribution in [3.8, 4) is 0 Å². The van der Waals surface area contributed by atoms with E-state index in [0.717, 1.165) is 12.8 Å². The largest absolute Gasteiger partial charge is 0.481 e. The van der Waals surface area contributed by atoms with E-state index < -0.39 is 12.0 Å². The van der Waals surface area contributed by atoms with E-state index in [4.69, 9.17) is 5.11 Å². The first-order valence-electron chi connectivity index (χ1n) is 7.06. The van der Waals surface area contributed by atoms with Crippen molar-refractivity contribution >= 4 is 17.9 Å². The van der Waals surface area contributed by atoms with Gasteiger partial charge in [0, 0.05) is 19.1 Å². The van der Waals surface area contributed by atoms with Crippen LogP contribution in [-0.2, 0) is 9.59 Å². The molecule has 0 radical (unpaired) electrons. The maximum absolute atomic E-state index is 12.0. The number of nitrogens with zero attached hydrogens (tertiary/aromatic N) is 1. The molecule has 0 aromatic carbocycles. The Kier molecular flexibility index (Phi) is 4.46. The van der Waals surface area contributed by atoms with Gasteiger partial charge in [0.05, 0.1) is 5.92 Å². The van der Waals surface area contributed by atoms with Gasteiger partial charge in [-0.2, -0.15) is 0 Å². The van der Waals surface area contributed by atoms with E-state index in [2.05, 4.69) is 10.6 Å². The summed E-state index contributed by atoms with van der Waals surface area (Å²) in [6.45, 7) is 2.49. The van der Waals surface area contributed by atoms with E-state index >= 15 is 0 Å². The number of carbonyl (C=O) groups is 3. The molecule has 20 heavy (non-hydrogen) atoms. The van der Waals surface area contributed by atoms with Crippen LogP contribution in [0.4, 0.5) is 4.79 Å². The van der Waals surface area contributed by atoms with Crippen LogP contribution in [0.25, 0.3) is 0 Å². The van der Waals surface area contributed by atoms with Crippen molar-refractivity contribution in [2.75, 3.05) is 13.1 Å². The van der Waals surface area contributed by atoms with E-state index in [0.29, 0.717) is 25.9 Å². The molecule has 2 aliphatic rings. The fourth-order valence-electron chi connectivity index (χ4n) is 2.23. The van der Waals surface area contributed by atoms with Crippen LogP contribution >= 0.6 is 0 Å². The Hall–Kier alpha value is -1.79. The highest BCUT2D eigenvalue weighted by Gasteiger charge is 2.29. The van der Waals surface area contributed by atoms with Crippen LogP contribution in [0.15, 0.2) is 0 Å². The van der Waals surface area contributed by atoms with Crippen LogP contribution in [0.2, 0.25) is 0 Å². The lowest BCUT2D eigenvalue weighted by Gasteiger charge is -2.31. The molecule has 1 aliphatic carbocycles. The minimum Gasteiger partial charge on any atom is -0.481 e. The molecular formula is C13H21N3O4. The number of nitrogens with one attached hydrogen (secondary N) is 2. The van der Waals surface area contributed by atoms with E-state index in [1.165, 1.54) is 0 Å². The summed E-state index contributed by atoms with van der Waals surface area (Å²) in [7, 11) is 0. The number of hydrogen-bond acceptors (Lipinski definition) is 3. The number of amides is 3. The Morgan fingerprint density at radius 1 is 1.15 bits per heavy atom. The molecular weight excluding hydrogens is 262 g/mol. The predicted octanol–water partition coefficient (Wildman–Crippen LogP) is 0.160. The Morgan fingerprint density at radius 2 is 1.75 bits per heavy atom. The van der Waals surface area contributed by atoms with Crippen molar-refractivity contribution in [2.24, 2.45) is 5.92 Å². The van der Waals surface area contributed by atoms with Crippen LogP contribution in [0.3, 0.4) is 0 Å². The van der Waals surface area contributed by atoms with Crippen molar-refractivity contribution in [3.05, 3.63) is 0 Å². The molecule has 2 fully saturated rings. The Balaban J connectivity index is 1.74. The normalized spacial score (nSPS) is 21.1. The summed E-state index contributed by atoms with van der Waals surface area (Å²) < 4.78 is 0. The number of urea groups is 1. The van der Waals surface area contributed by atoms with Crippen LogP contribution < -0.4 is 10.6 Å². The Morgan fingerprint density at radius 3 is 2.25 bits per heavy atom. The lowest BCUT2D eigenvalue weighted by molar-refractivity contribution is -0.143. The lowest BCUT2D eigenvalue weighted by atomic mass is 9.97. The molecule has 1 atom stereocenters. The molecule has 0 aromatic rings. The molecule has 0 aromatic heterocycles. The van der Waals surface area contributed by atoms with Crippen LogP contribution in [0.1, 0.15) is 32.6 Å². The van der Waals surface area contributed by atoms with Crippen LogP contribution in [-0.4, -0.2) is 53.1 Å². The van der Waals surface area contributed by atoms with E-state index in [1.54, 1.807) is 11.8 Å². The van der Waals surface area contributed by atoms with Crippen molar-refractivity contribution in [3.63, 3.8) is 0 Å². The third kappa shape index (κ3) is 3.85. The number of carboxylic acids is 1. The molecule has 1 aliphatic heterocycles. The Labute approximate surface area is 117 Å². The van der Waals surface area contributed by atoms with Gasteiger partial charge in [-0.25, -0.2) is 4.79 Å². The van der Waals surface area contributed by atoms with Gasteiger partial charge < -0.3 is 20.6 Å². The molecule has 1 saturated carbocycles. The standard InChI is InChI=1S/C13H21N3O4/c1-8(11(17)15-10-2-3-10)14-13(20)16-6-4-9(5-7-16)12(18)19/h8-10H,2-7H2,1H3,(H,14,20)(H,15,17)(H,18,19). The van der Waals surface area contributed by atoms with E-state index in [-0.39, 0.29) is 23.9 Å². The average molecular weight is 283 g/mol. The molecule has 7 heteroatoms. The summed E-state index contributed by atoms with van der Waals surface area (Å²) in [5.41, 5.74) is 0. The molecule has 112 valence electrons. The number of likely N-dealkylation sites (tertiary alicyclic amines) is 1. The summed E-state index contributed by atoms with van der Waals surface area (Å²) >= 11 is 0. The predicted molar refractivity (Wildman–Crippen MR) is 71.1 cm³/mol. The fraction of sp³-hybridized carbons (Fsp3) is 0.769. The van der Waals surface area contributed by atoms with Gasteiger partial charge in [-0.15, -0.1) is 0 Å². The third-order valence-corrected chi connectivity index (χ3v) is 3.79. The number of carbonyl (C=O) groups excluding carboxylic acids is 2. The van der Waals surface area contributed by atoms with Gasteiger partial charge in [-0.05, 0) is 32.6 Å². The second-order valence-corrected chi connectivity index (χ2v) is 5.55. The SMILES string of the molecule is CC(NC(=O)N1CCC(C(=O)O)CC1)C(=O)NC1CC1. The fourth-order valence-corrected chi connectivity index (χ4v) is 2.23. The van der Waals surface area contributed by atoms with E-state index in [1.807, 2.05) is 0 Å². The van der Waals surface area contributed by atoms with Crippen molar-refractivity contribution in [1.29, 1.82) is 0 Å². The van der Waals surface area contributed by atoms with Gasteiger partial charge in [0.1, 0.15) is 6.04 Å². The molecule has 0 spiro atoms. The lowest BCUT2D eigenvalue weighted by Crippen LogP contribution is -2.52. The highest BCUT2D eigenvalue weighted by Crippen LogP contribution is 2.19. The molecule has 1 unspecified atom stereocenters. The molecule has 7 nitrogen and oxygen atoms in total. The van der Waals surface area contributed by atoms with Gasteiger partial charge in [0.15, 0.2) is 0 Å². The summed E-state index contributed by atoms with van der Waals surface area (Å²) in [5.74, 6) is -1.34. The monoisotopic (exact) mass is 283 g/mol. The summed E-state index contributed by atoms with van der Waals surface area (Å²) in [4.78, 5) is 36.1. The quantitative estimate of drug-likeness (QED) is 0.684. The van der Waals surface area contributed by atoms with Gasteiger partial charge in [-0.3, -0.25) is 9.59 Å². The van der Waals surface area contributed by atoms with Crippen molar-refractivity contribution in [2.45, 2.75) is 44.7 Å². The summed E-state index contributed by atoms with van der Waals surface area (Å²) in [5, 5.41) is 14.4. The number of aliphatic carboxylic acids is 1. The van der Waals surface area contributed by atoms with Crippen LogP contribution in [0, 0.1) is 5.92 Å². The average Bonchev–Trinajstić information content (AvgIpc) is 3.22. The van der Waals surface area contributed by atoms with Crippen molar-refractivity contribution in [1.82, 2.24) is 15.5 Å². The van der Waals surface area contributed by atoms with Crippen molar-refractivity contribution < 1.29 is 19.5 Å². The third-order valence-electron chi connectivity index (χ3n) is 3.79. The molecule has 1 heterocycles. The molecule has 3 amide bonds. The van der Waals surface area contributed by atoms with Gasteiger partial charge in [0.25, 0.3) is 0 Å². The first-order chi connectivity index (χ1) is 9.47. The summed E-state index contributed by atoms with van der Waals surface area (Å²) in [6.07, 6.45) is 2.95. The van der Waals surface area contributed by atoms with Gasteiger partial charge in [0.2, 0.25) is 5.91 Å². The first-order valence-corrected chi connectivity index (χ1v) is 7.06. The number of piperidine rings is 1. The minimum absolute atomic E-state index is 0.165. The highest BCUT2D eigenvalue weighted by atomic mass is 16.4. The smallest absolute Gasteiger partial charge is 0.318 e. The molecule has 2 rings (SSSR count). The van der Waals surface area contributed by atoms with E-state index in [9.17, 15) is 14.4 Å². The second kappa shape index (κ2) is 6.11. The van der Waals surface area contributed by atoms with Gasteiger partial charge >= 0.3 is 12.0 Å². The van der Waals surface area contributed by atoms with Gasteiger partial charge in [-0.1, -0.05) is 0 Å². The number of hydrogen-bond donors (Lipinski definition) is 3.